The van der Waals surface area contributed by atoms with Crippen LogP contribution in [0.15, 0.2) is 24.3 Å². The van der Waals surface area contributed by atoms with Gasteiger partial charge in [0.1, 0.15) is 6.10 Å². The van der Waals surface area contributed by atoms with Gasteiger partial charge >= 0.3 is 0 Å². The van der Waals surface area contributed by atoms with E-state index in [1.54, 1.807) is 0 Å². The topological polar surface area (TPSA) is 58.6 Å². The van der Waals surface area contributed by atoms with Gasteiger partial charge < -0.3 is 15.0 Å². The molecule has 0 bridgehead atoms. The van der Waals surface area contributed by atoms with Gasteiger partial charge in [-0.25, -0.2) is 0 Å². The van der Waals surface area contributed by atoms with Crippen LogP contribution in [0.1, 0.15) is 56.1 Å². The molecule has 5 heteroatoms. The lowest BCUT2D eigenvalue weighted by Crippen LogP contribution is -2.44. The van der Waals surface area contributed by atoms with Gasteiger partial charge in [0.25, 0.3) is 5.91 Å². The van der Waals surface area contributed by atoms with Crippen molar-refractivity contribution in [2.45, 2.75) is 63.9 Å². The molecule has 29 heavy (non-hydrogen) atoms. The van der Waals surface area contributed by atoms with Crippen molar-refractivity contribution in [3.05, 3.63) is 35.4 Å². The highest BCUT2D eigenvalue weighted by Gasteiger charge is 2.30. The van der Waals surface area contributed by atoms with E-state index in [0.29, 0.717) is 12.3 Å². The molecule has 1 saturated carbocycles. The third kappa shape index (κ3) is 6.05. The molecule has 3 aliphatic rings. The number of aryl methyl sites for hydroxylation is 1. The SMILES string of the molecule is O=C(CCc1ccc(CC2CCN(C(=O)C3CCCO3)CC2)cc1)NCC1CC1. The molecule has 1 atom stereocenters. The van der Waals surface area contributed by atoms with E-state index in [1.807, 2.05) is 4.90 Å². The van der Waals surface area contributed by atoms with Gasteiger partial charge in [-0.2, -0.15) is 0 Å². The molecule has 0 aromatic heterocycles. The molecule has 1 aromatic rings. The Balaban J connectivity index is 1.16. The van der Waals surface area contributed by atoms with Crippen molar-refractivity contribution in [1.82, 2.24) is 10.2 Å². The molecule has 158 valence electrons. The number of benzene rings is 1. The van der Waals surface area contributed by atoms with Crippen LogP contribution in [0.25, 0.3) is 0 Å². The fourth-order valence-corrected chi connectivity index (χ4v) is 4.44. The fraction of sp³-hybridized carbons (Fsp3) is 0.667. The van der Waals surface area contributed by atoms with Gasteiger partial charge in [0, 0.05) is 32.7 Å². The van der Waals surface area contributed by atoms with E-state index < -0.39 is 0 Å². The predicted molar refractivity (Wildman–Crippen MR) is 112 cm³/mol. The molecule has 2 heterocycles. The summed E-state index contributed by atoms with van der Waals surface area (Å²) < 4.78 is 5.55. The predicted octanol–water partition coefficient (Wildman–Crippen LogP) is 3.11. The lowest BCUT2D eigenvalue weighted by Gasteiger charge is -2.33. The zero-order valence-corrected chi connectivity index (χ0v) is 17.4. The Bertz CT molecular complexity index is 685. The van der Waals surface area contributed by atoms with Crippen molar-refractivity contribution in [3.8, 4) is 0 Å². The van der Waals surface area contributed by atoms with E-state index in [1.165, 1.54) is 24.0 Å². The highest BCUT2D eigenvalue weighted by atomic mass is 16.5. The van der Waals surface area contributed by atoms with E-state index in [9.17, 15) is 9.59 Å². The summed E-state index contributed by atoms with van der Waals surface area (Å²) in [5.74, 6) is 1.75. The number of nitrogens with one attached hydrogen (secondary N) is 1. The van der Waals surface area contributed by atoms with Crippen molar-refractivity contribution in [3.63, 3.8) is 0 Å². The van der Waals surface area contributed by atoms with E-state index >= 15 is 0 Å². The minimum Gasteiger partial charge on any atom is -0.368 e. The smallest absolute Gasteiger partial charge is 0.251 e. The second-order valence-electron chi connectivity index (χ2n) is 9.04. The number of ether oxygens (including phenoxy) is 1. The molecule has 2 aliphatic heterocycles. The van der Waals surface area contributed by atoms with Gasteiger partial charge in [-0.3, -0.25) is 9.59 Å². The molecule has 1 aliphatic carbocycles. The summed E-state index contributed by atoms with van der Waals surface area (Å²) in [6.07, 6.45) is 8.84. The summed E-state index contributed by atoms with van der Waals surface area (Å²) in [5.41, 5.74) is 2.59. The fourth-order valence-electron chi connectivity index (χ4n) is 4.44. The normalized spacial score (nSPS) is 22.6. The standard InChI is InChI=1S/C24H34N2O3/c27-23(25-17-21-7-8-21)10-9-18-3-5-19(6-4-18)16-20-11-13-26(14-12-20)24(28)22-2-1-15-29-22/h3-6,20-22H,1-2,7-17H2,(H,25,27). The number of amides is 2. The van der Waals surface area contributed by atoms with Gasteiger partial charge in [-0.1, -0.05) is 24.3 Å². The van der Waals surface area contributed by atoms with Crippen molar-refractivity contribution in [1.29, 1.82) is 0 Å². The maximum Gasteiger partial charge on any atom is 0.251 e. The first kappa shape index (κ1) is 20.4. The van der Waals surface area contributed by atoms with E-state index in [0.717, 1.165) is 70.7 Å². The van der Waals surface area contributed by atoms with Crippen LogP contribution in [0.2, 0.25) is 0 Å². The minimum atomic E-state index is -0.185. The lowest BCUT2D eigenvalue weighted by molar-refractivity contribution is -0.142. The zero-order chi connectivity index (χ0) is 20.1. The molecule has 0 radical (unpaired) electrons. The Morgan fingerprint density at radius 1 is 0.966 bits per heavy atom. The number of piperidine rings is 1. The molecule has 0 spiro atoms. The maximum atomic E-state index is 12.5. The molecule has 2 saturated heterocycles. The minimum absolute atomic E-state index is 0.172. The van der Waals surface area contributed by atoms with Crippen LogP contribution in [-0.2, 0) is 27.2 Å². The molecule has 1 N–H and O–H groups in total. The van der Waals surface area contributed by atoms with Crippen LogP contribution >= 0.6 is 0 Å². The number of hydrogen-bond donors (Lipinski definition) is 1. The van der Waals surface area contributed by atoms with Crippen LogP contribution in [0.5, 0.6) is 0 Å². The summed E-state index contributed by atoms with van der Waals surface area (Å²) in [5, 5.41) is 3.03. The van der Waals surface area contributed by atoms with Crippen LogP contribution in [0, 0.1) is 11.8 Å². The summed E-state index contributed by atoms with van der Waals surface area (Å²) in [6, 6.07) is 8.75. The first-order chi connectivity index (χ1) is 14.2. The number of hydrogen-bond acceptors (Lipinski definition) is 3. The Kier molecular flexibility index (Phi) is 6.86. The Hall–Kier alpha value is -1.88. The first-order valence-corrected chi connectivity index (χ1v) is 11.4. The number of nitrogens with zero attached hydrogens (tertiary/aromatic N) is 1. The molecule has 1 aromatic carbocycles. The molecular formula is C24H34N2O3. The third-order valence-electron chi connectivity index (χ3n) is 6.60. The van der Waals surface area contributed by atoms with Crippen LogP contribution in [-0.4, -0.2) is 49.1 Å². The Labute approximate surface area is 174 Å². The Morgan fingerprint density at radius 3 is 2.34 bits per heavy atom. The van der Waals surface area contributed by atoms with Gasteiger partial charge in [0.05, 0.1) is 0 Å². The maximum absolute atomic E-state index is 12.5. The van der Waals surface area contributed by atoms with Crippen molar-refractivity contribution < 1.29 is 14.3 Å². The van der Waals surface area contributed by atoms with Crippen LogP contribution in [0.4, 0.5) is 0 Å². The monoisotopic (exact) mass is 398 g/mol. The summed E-state index contributed by atoms with van der Waals surface area (Å²) in [7, 11) is 0. The van der Waals surface area contributed by atoms with E-state index in [-0.39, 0.29) is 17.9 Å². The second kappa shape index (κ2) is 9.75. The van der Waals surface area contributed by atoms with Gasteiger partial charge in [-0.15, -0.1) is 0 Å². The van der Waals surface area contributed by atoms with E-state index in [2.05, 4.69) is 29.6 Å². The van der Waals surface area contributed by atoms with Crippen molar-refractivity contribution in [2.75, 3.05) is 26.2 Å². The Morgan fingerprint density at radius 2 is 1.69 bits per heavy atom. The van der Waals surface area contributed by atoms with Gasteiger partial charge in [-0.05, 0) is 74.3 Å². The lowest BCUT2D eigenvalue weighted by atomic mass is 9.89. The average molecular weight is 399 g/mol. The number of rotatable bonds is 8. The van der Waals surface area contributed by atoms with E-state index in [4.69, 9.17) is 4.74 Å². The third-order valence-corrected chi connectivity index (χ3v) is 6.60. The number of likely N-dealkylation sites (tertiary alicyclic amines) is 1. The molecule has 4 rings (SSSR count). The first-order valence-electron chi connectivity index (χ1n) is 11.4. The molecule has 3 fully saturated rings. The van der Waals surface area contributed by atoms with Gasteiger partial charge in [0.15, 0.2) is 0 Å². The summed E-state index contributed by atoms with van der Waals surface area (Å²) >= 11 is 0. The van der Waals surface area contributed by atoms with Crippen LogP contribution < -0.4 is 5.32 Å². The zero-order valence-electron chi connectivity index (χ0n) is 17.4. The quantitative estimate of drug-likeness (QED) is 0.732. The molecule has 5 nitrogen and oxygen atoms in total. The average Bonchev–Trinajstić information content (AvgIpc) is 3.42. The molecular weight excluding hydrogens is 364 g/mol. The van der Waals surface area contributed by atoms with Gasteiger partial charge in [0.2, 0.25) is 5.91 Å². The summed E-state index contributed by atoms with van der Waals surface area (Å²) in [4.78, 5) is 26.4. The second-order valence-corrected chi connectivity index (χ2v) is 9.04. The highest BCUT2D eigenvalue weighted by Crippen LogP contribution is 2.27. The number of carbonyl (C=O) groups excluding carboxylic acids is 2. The molecule has 2 amide bonds. The highest BCUT2D eigenvalue weighted by molar-refractivity contribution is 5.81. The molecule has 1 unspecified atom stereocenters. The van der Waals surface area contributed by atoms with Crippen LogP contribution in [0.3, 0.4) is 0 Å². The largest absolute Gasteiger partial charge is 0.368 e. The van der Waals surface area contributed by atoms with Crippen molar-refractivity contribution >= 4 is 11.8 Å². The summed E-state index contributed by atoms with van der Waals surface area (Å²) in [6.45, 7) is 3.30. The van der Waals surface area contributed by atoms with Crippen molar-refractivity contribution in [2.24, 2.45) is 11.8 Å². The number of carbonyl (C=O) groups is 2.